The van der Waals surface area contributed by atoms with Crippen molar-refractivity contribution in [3.8, 4) is 11.3 Å². The van der Waals surface area contributed by atoms with Gasteiger partial charge in [0.15, 0.2) is 0 Å². The maximum Gasteiger partial charge on any atom is 0.227 e. The molecule has 0 aliphatic rings. The standard InChI is InChI=1S/C22H22N6O/c1-28-14-18(17-7-2-3-8-20(17)28)19-10-12-24-22(27-19)26-16-6-4-5-15(13-16)25-21(29)9-11-23/h2-8,10,12-14H,9,11,23H2,1H3,(H,25,29)(H,24,26,27). The monoisotopic (exact) mass is 386 g/mol. The molecule has 0 bridgehead atoms. The molecule has 0 saturated carbocycles. The van der Waals surface area contributed by atoms with Gasteiger partial charge in [-0.3, -0.25) is 4.79 Å². The van der Waals surface area contributed by atoms with Crippen molar-refractivity contribution in [3.05, 3.63) is 67.0 Å². The molecule has 1 amide bonds. The summed E-state index contributed by atoms with van der Waals surface area (Å²) in [5.74, 6) is 0.375. The number of aryl methyl sites for hydroxylation is 1. The van der Waals surface area contributed by atoms with Gasteiger partial charge in [-0.15, -0.1) is 0 Å². The van der Waals surface area contributed by atoms with E-state index in [1.165, 1.54) is 0 Å². The van der Waals surface area contributed by atoms with Gasteiger partial charge in [-0.2, -0.15) is 0 Å². The highest BCUT2D eigenvalue weighted by molar-refractivity contribution is 5.95. The Morgan fingerprint density at radius 2 is 1.93 bits per heavy atom. The molecule has 2 aromatic heterocycles. The normalized spacial score (nSPS) is 10.8. The van der Waals surface area contributed by atoms with Gasteiger partial charge in [0.25, 0.3) is 0 Å². The largest absolute Gasteiger partial charge is 0.350 e. The molecule has 4 aromatic rings. The van der Waals surface area contributed by atoms with Crippen LogP contribution in [-0.4, -0.2) is 27.0 Å². The fourth-order valence-electron chi connectivity index (χ4n) is 3.27. The number of nitrogens with two attached hydrogens (primary N) is 1. The van der Waals surface area contributed by atoms with Crippen molar-refractivity contribution in [2.45, 2.75) is 6.42 Å². The quantitative estimate of drug-likeness (QED) is 0.470. The number of benzene rings is 2. The first-order valence-electron chi connectivity index (χ1n) is 9.38. The van der Waals surface area contributed by atoms with Crippen molar-refractivity contribution >= 4 is 34.1 Å². The summed E-state index contributed by atoms with van der Waals surface area (Å²) in [7, 11) is 2.02. The van der Waals surface area contributed by atoms with Gasteiger partial charge in [0.2, 0.25) is 11.9 Å². The fraction of sp³-hybridized carbons (Fsp3) is 0.136. The van der Waals surface area contributed by atoms with Gasteiger partial charge >= 0.3 is 0 Å². The fourth-order valence-corrected chi connectivity index (χ4v) is 3.27. The highest BCUT2D eigenvalue weighted by Gasteiger charge is 2.10. The zero-order valence-corrected chi connectivity index (χ0v) is 16.1. The van der Waals surface area contributed by atoms with E-state index in [0.29, 0.717) is 18.2 Å². The number of nitrogens with zero attached hydrogens (tertiary/aromatic N) is 3. The predicted molar refractivity (Wildman–Crippen MR) is 116 cm³/mol. The van der Waals surface area contributed by atoms with Crippen LogP contribution in [0.3, 0.4) is 0 Å². The number of carbonyl (C=O) groups excluding carboxylic acids is 1. The lowest BCUT2D eigenvalue weighted by Gasteiger charge is -2.09. The second kappa shape index (κ2) is 8.12. The Morgan fingerprint density at radius 3 is 2.79 bits per heavy atom. The summed E-state index contributed by atoms with van der Waals surface area (Å²) < 4.78 is 2.09. The van der Waals surface area contributed by atoms with Crippen molar-refractivity contribution in [1.29, 1.82) is 0 Å². The molecule has 0 spiro atoms. The molecule has 7 heteroatoms. The van der Waals surface area contributed by atoms with Crippen LogP contribution >= 0.6 is 0 Å². The van der Waals surface area contributed by atoms with Crippen LogP contribution in [0.5, 0.6) is 0 Å². The highest BCUT2D eigenvalue weighted by atomic mass is 16.1. The van der Waals surface area contributed by atoms with Crippen LogP contribution in [0.2, 0.25) is 0 Å². The predicted octanol–water partition coefficient (Wildman–Crippen LogP) is 3.67. The lowest BCUT2D eigenvalue weighted by Crippen LogP contribution is -2.16. The van der Waals surface area contributed by atoms with Gasteiger partial charge in [-0.25, -0.2) is 9.97 Å². The summed E-state index contributed by atoms with van der Waals surface area (Å²) in [5, 5.41) is 7.18. The zero-order chi connectivity index (χ0) is 20.2. The summed E-state index contributed by atoms with van der Waals surface area (Å²) in [6.45, 7) is 0.318. The minimum atomic E-state index is -0.112. The van der Waals surface area contributed by atoms with Crippen molar-refractivity contribution < 1.29 is 4.79 Å². The third-order valence-electron chi connectivity index (χ3n) is 4.60. The van der Waals surface area contributed by atoms with Gasteiger partial charge < -0.3 is 20.9 Å². The van der Waals surface area contributed by atoms with Crippen molar-refractivity contribution in [1.82, 2.24) is 14.5 Å². The van der Waals surface area contributed by atoms with Gasteiger partial charge in [0.05, 0.1) is 5.69 Å². The van der Waals surface area contributed by atoms with Crippen molar-refractivity contribution in [2.75, 3.05) is 17.2 Å². The van der Waals surface area contributed by atoms with Gasteiger partial charge in [0.1, 0.15) is 0 Å². The number of amides is 1. The van der Waals surface area contributed by atoms with E-state index >= 15 is 0 Å². The Bertz CT molecular complexity index is 1170. The number of carbonyl (C=O) groups is 1. The number of anilines is 3. The second-order valence-corrected chi connectivity index (χ2v) is 6.73. The summed E-state index contributed by atoms with van der Waals surface area (Å²) in [4.78, 5) is 20.8. The minimum absolute atomic E-state index is 0.112. The first-order valence-corrected chi connectivity index (χ1v) is 9.38. The number of hydrogen-bond donors (Lipinski definition) is 3. The molecular weight excluding hydrogens is 364 g/mol. The first kappa shape index (κ1) is 18.6. The molecule has 0 aliphatic carbocycles. The second-order valence-electron chi connectivity index (χ2n) is 6.73. The Balaban J connectivity index is 1.59. The van der Waals surface area contributed by atoms with Crippen molar-refractivity contribution in [3.63, 3.8) is 0 Å². The molecule has 29 heavy (non-hydrogen) atoms. The third kappa shape index (κ3) is 4.09. The van der Waals surface area contributed by atoms with Gasteiger partial charge in [-0.05, 0) is 30.3 Å². The molecule has 7 nitrogen and oxygen atoms in total. The average molecular weight is 386 g/mol. The van der Waals surface area contributed by atoms with Crippen LogP contribution in [0.15, 0.2) is 67.0 Å². The smallest absolute Gasteiger partial charge is 0.227 e. The van der Waals surface area contributed by atoms with E-state index in [9.17, 15) is 4.79 Å². The molecule has 146 valence electrons. The molecular formula is C22H22N6O. The maximum atomic E-state index is 11.8. The molecule has 0 atom stereocenters. The average Bonchev–Trinajstić information content (AvgIpc) is 3.06. The van der Waals surface area contributed by atoms with E-state index in [4.69, 9.17) is 5.73 Å². The van der Waals surface area contributed by atoms with E-state index in [1.54, 1.807) is 6.20 Å². The van der Waals surface area contributed by atoms with Crippen LogP contribution in [0, 0.1) is 0 Å². The van der Waals surface area contributed by atoms with Gasteiger partial charge in [0, 0.05) is 60.2 Å². The van der Waals surface area contributed by atoms with Crippen LogP contribution < -0.4 is 16.4 Å². The third-order valence-corrected chi connectivity index (χ3v) is 4.60. The lowest BCUT2D eigenvalue weighted by atomic mass is 10.1. The molecule has 2 aromatic carbocycles. The molecule has 0 saturated heterocycles. The van der Waals surface area contributed by atoms with E-state index in [1.807, 2.05) is 49.5 Å². The Hall–Kier alpha value is -3.71. The Morgan fingerprint density at radius 1 is 1.10 bits per heavy atom. The molecule has 0 aliphatic heterocycles. The molecule has 0 radical (unpaired) electrons. The summed E-state index contributed by atoms with van der Waals surface area (Å²) in [6.07, 6.45) is 4.09. The van der Waals surface area contributed by atoms with Gasteiger partial charge in [-0.1, -0.05) is 24.3 Å². The summed E-state index contributed by atoms with van der Waals surface area (Å²) in [5.41, 5.74) is 9.94. The lowest BCUT2D eigenvalue weighted by molar-refractivity contribution is -0.116. The van der Waals surface area contributed by atoms with Crippen LogP contribution in [0.25, 0.3) is 22.2 Å². The van der Waals surface area contributed by atoms with Crippen molar-refractivity contribution in [2.24, 2.45) is 12.8 Å². The Labute approximate surface area is 168 Å². The number of aromatic nitrogens is 3. The number of para-hydroxylation sites is 1. The molecule has 0 fully saturated rings. The summed E-state index contributed by atoms with van der Waals surface area (Å²) >= 11 is 0. The van der Waals surface area contributed by atoms with E-state index in [2.05, 4.69) is 43.5 Å². The zero-order valence-electron chi connectivity index (χ0n) is 16.1. The van der Waals surface area contributed by atoms with E-state index < -0.39 is 0 Å². The minimum Gasteiger partial charge on any atom is -0.350 e. The Kier molecular flexibility index (Phi) is 5.22. The number of rotatable bonds is 6. The molecule has 0 unspecified atom stereocenters. The van der Waals surface area contributed by atoms with E-state index in [-0.39, 0.29) is 12.3 Å². The molecule has 4 rings (SSSR count). The van der Waals surface area contributed by atoms with Crippen LogP contribution in [0.1, 0.15) is 6.42 Å². The first-order chi connectivity index (χ1) is 14.1. The highest BCUT2D eigenvalue weighted by Crippen LogP contribution is 2.29. The summed E-state index contributed by atoms with van der Waals surface area (Å²) in [6, 6.07) is 17.5. The van der Waals surface area contributed by atoms with Crippen LogP contribution in [-0.2, 0) is 11.8 Å². The topological polar surface area (TPSA) is 97.9 Å². The SMILES string of the molecule is Cn1cc(-c2ccnc(Nc3cccc(NC(=O)CCN)c3)n2)c2ccccc21. The van der Waals surface area contributed by atoms with E-state index in [0.717, 1.165) is 27.8 Å². The number of fused-ring (bicyclic) bond motifs is 1. The number of hydrogen-bond acceptors (Lipinski definition) is 5. The molecule has 4 N–H and O–H groups in total. The molecule has 2 heterocycles. The maximum absolute atomic E-state index is 11.8. The number of nitrogens with one attached hydrogen (secondary N) is 2. The van der Waals surface area contributed by atoms with Crippen LogP contribution in [0.4, 0.5) is 17.3 Å².